The zero-order chi connectivity index (χ0) is 17.6. The van der Waals surface area contributed by atoms with Gasteiger partial charge in [0.1, 0.15) is 6.17 Å². The van der Waals surface area contributed by atoms with Crippen molar-refractivity contribution in [3.8, 4) is 5.69 Å². The van der Waals surface area contributed by atoms with Crippen LogP contribution in [0.5, 0.6) is 0 Å². The Morgan fingerprint density at radius 2 is 2.20 bits per heavy atom. The molecule has 130 valence electrons. The summed E-state index contributed by atoms with van der Waals surface area (Å²) in [7, 11) is 0. The number of fused-ring (bicyclic) bond motifs is 1. The van der Waals surface area contributed by atoms with E-state index >= 15 is 0 Å². The number of thiophene rings is 1. The fraction of sp³-hybridized carbons (Fsp3) is 0.294. The van der Waals surface area contributed by atoms with Crippen LogP contribution < -0.4 is 4.80 Å². The van der Waals surface area contributed by atoms with E-state index in [0.717, 1.165) is 25.0 Å². The van der Waals surface area contributed by atoms with Crippen LogP contribution in [0.15, 0.2) is 35.5 Å². The summed E-state index contributed by atoms with van der Waals surface area (Å²) in [4.78, 5) is 19.7. The van der Waals surface area contributed by atoms with Crippen molar-refractivity contribution in [1.82, 2.24) is 9.47 Å². The Kier molecular flexibility index (Phi) is 4.39. The summed E-state index contributed by atoms with van der Waals surface area (Å²) in [6, 6.07) is 7.58. The fourth-order valence-electron chi connectivity index (χ4n) is 2.91. The van der Waals surface area contributed by atoms with Crippen molar-refractivity contribution in [2.75, 3.05) is 13.1 Å². The Balaban J connectivity index is 1.74. The van der Waals surface area contributed by atoms with E-state index < -0.39 is 6.17 Å². The Morgan fingerprint density at radius 3 is 2.96 bits per heavy atom. The van der Waals surface area contributed by atoms with Crippen molar-refractivity contribution in [2.24, 2.45) is 4.99 Å². The number of hydrogen-bond acceptors (Lipinski definition) is 3. The Labute approximate surface area is 156 Å². The van der Waals surface area contributed by atoms with Crippen LogP contribution in [0.3, 0.4) is 0 Å². The van der Waals surface area contributed by atoms with E-state index in [4.69, 9.17) is 11.6 Å². The molecule has 0 bridgehead atoms. The molecular weight excluding hydrogens is 381 g/mol. The maximum absolute atomic E-state index is 13.3. The predicted molar refractivity (Wildman–Crippen MR) is 101 cm³/mol. The second-order valence-corrected chi connectivity index (χ2v) is 8.92. The van der Waals surface area contributed by atoms with Crippen molar-refractivity contribution in [3.05, 3.63) is 44.5 Å². The number of aromatic nitrogens is 1. The number of likely N-dealkylation sites (tertiary alicyclic amines) is 1. The lowest BCUT2D eigenvalue weighted by Gasteiger charge is -2.10. The van der Waals surface area contributed by atoms with Gasteiger partial charge in [0.05, 0.1) is 10.9 Å². The number of alkyl halides is 1. The molecule has 0 saturated carbocycles. The van der Waals surface area contributed by atoms with Crippen LogP contribution in [0.25, 0.3) is 15.8 Å². The molecule has 0 unspecified atom stereocenters. The minimum atomic E-state index is -0.943. The van der Waals surface area contributed by atoms with Gasteiger partial charge >= 0.3 is 6.03 Å². The molecule has 1 aliphatic heterocycles. The Morgan fingerprint density at radius 1 is 1.36 bits per heavy atom. The molecule has 3 heterocycles. The number of carbonyl (C=O) groups excluding carboxylic acids is 1. The van der Waals surface area contributed by atoms with Crippen LogP contribution in [0.4, 0.5) is 9.18 Å². The third-order valence-electron chi connectivity index (χ3n) is 4.11. The van der Waals surface area contributed by atoms with Crippen LogP contribution in [0, 0.1) is 6.92 Å². The maximum Gasteiger partial charge on any atom is 0.346 e. The summed E-state index contributed by atoms with van der Waals surface area (Å²) in [5.41, 5.74) is 0.919. The van der Waals surface area contributed by atoms with Gasteiger partial charge < -0.3 is 4.90 Å². The summed E-state index contributed by atoms with van der Waals surface area (Å²) in [5, 5.41) is 1.06. The molecule has 1 atom stereocenters. The highest BCUT2D eigenvalue weighted by atomic mass is 35.5. The van der Waals surface area contributed by atoms with Gasteiger partial charge in [-0.05, 0) is 43.0 Å². The molecule has 4 rings (SSSR count). The number of hydrogen-bond donors (Lipinski definition) is 0. The summed E-state index contributed by atoms with van der Waals surface area (Å²) in [6.07, 6.45) is 1.40. The molecule has 1 aromatic carbocycles. The molecule has 1 aliphatic rings. The average molecular weight is 396 g/mol. The molecule has 8 heteroatoms. The van der Waals surface area contributed by atoms with E-state index in [1.165, 1.54) is 27.6 Å². The lowest BCUT2D eigenvalue weighted by Crippen LogP contribution is -2.28. The molecule has 2 aromatic heterocycles. The van der Waals surface area contributed by atoms with Crippen molar-refractivity contribution in [2.45, 2.75) is 19.5 Å². The summed E-state index contributed by atoms with van der Waals surface area (Å²) in [5.74, 6) is 0. The van der Waals surface area contributed by atoms with Gasteiger partial charge in [-0.25, -0.2) is 9.18 Å². The van der Waals surface area contributed by atoms with E-state index in [1.807, 2.05) is 42.0 Å². The minimum Gasteiger partial charge on any atom is -0.320 e. The molecule has 0 aliphatic carbocycles. The van der Waals surface area contributed by atoms with Crippen molar-refractivity contribution in [3.63, 3.8) is 0 Å². The van der Waals surface area contributed by atoms with Crippen LogP contribution >= 0.6 is 34.3 Å². The van der Waals surface area contributed by atoms with Crippen LogP contribution in [-0.2, 0) is 0 Å². The monoisotopic (exact) mass is 395 g/mol. The van der Waals surface area contributed by atoms with Gasteiger partial charge in [-0.1, -0.05) is 11.6 Å². The number of nitrogens with zero attached hydrogens (tertiary/aromatic N) is 3. The smallest absolute Gasteiger partial charge is 0.320 e. The van der Waals surface area contributed by atoms with Crippen molar-refractivity contribution in [1.29, 1.82) is 0 Å². The summed E-state index contributed by atoms with van der Waals surface area (Å²) < 4.78 is 17.1. The highest BCUT2D eigenvalue weighted by Crippen LogP contribution is 2.30. The molecule has 2 amide bonds. The summed E-state index contributed by atoms with van der Waals surface area (Å²) in [6.45, 7) is 2.53. The van der Waals surface area contributed by atoms with Crippen molar-refractivity contribution < 1.29 is 9.18 Å². The van der Waals surface area contributed by atoms with E-state index in [1.54, 1.807) is 0 Å². The van der Waals surface area contributed by atoms with E-state index in [0.29, 0.717) is 17.8 Å². The molecule has 0 spiro atoms. The van der Waals surface area contributed by atoms with Gasteiger partial charge in [-0.2, -0.15) is 4.99 Å². The number of aryl methyl sites for hydroxylation is 1. The molecule has 25 heavy (non-hydrogen) atoms. The van der Waals surface area contributed by atoms with Crippen LogP contribution in [0.1, 0.15) is 11.3 Å². The number of benzene rings is 1. The van der Waals surface area contributed by atoms with Gasteiger partial charge in [-0.15, -0.1) is 22.7 Å². The zero-order valence-corrected chi connectivity index (χ0v) is 15.8. The lowest BCUT2D eigenvalue weighted by atomic mass is 10.2. The first kappa shape index (κ1) is 16.8. The van der Waals surface area contributed by atoms with Gasteiger partial charge in [0, 0.05) is 28.0 Å². The Hall–Kier alpha value is -1.70. The number of halogens is 2. The second-order valence-electron chi connectivity index (χ2n) is 5.99. The normalized spacial score (nSPS) is 18.4. The van der Waals surface area contributed by atoms with Gasteiger partial charge in [-0.3, -0.25) is 4.57 Å². The molecule has 3 aromatic rings. The quantitative estimate of drug-likeness (QED) is 0.584. The number of carbonyl (C=O) groups is 1. The average Bonchev–Trinajstić information content (AvgIpc) is 3.24. The van der Waals surface area contributed by atoms with Crippen LogP contribution in [0.2, 0.25) is 4.34 Å². The summed E-state index contributed by atoms with van der Waals surface area (Å²) >= 11 is 9.06. The first-order valence-corrected chi connectivity index (χ1v) is 9.87. The largest absolute Gasteiger partial charge is 0.346 e. The van der Waals surface area contributed by atoms with Gasteiger partial charge in [0.15, 0.2) is 4.80 Å². The number of amides is 2. The lowest BCUT2D eigenvalue weighted by molar-refractivity contribution is 0.213. The number of rotatable bonds is 1. The fourth-order valence-corrected chi connectivity index (χ4v) is 4.87. The molecular formula is C17H15ClFN3OS2. The Bertz CT molecular complexity index is 1020. The van der Waals surface area contributed by atoms with E-state index in [-0.39, 0.29) is 12.6 Å². The predicted octanol–water partition coefficient (Wildman–Crippen LogP) is 4.78. The zero-order valence-electron chi connectivity index (χ0n) is 13.4. The molecule has 1 saturated heterocycles. The number of urea groups is 1. The van der Waals surface area contributed by atoms with Crippen molar-refractivity contribution >= 4 is 50.4 Å². The molecule has 0 radical (unpaired) electrons. The molecule has 4 nitrogen and oxygen atoms in total. The standard InChI is InChI=1S/C17H15ClFN3OS2/c1-10-8-22(13-2-3-14-11(6-13)7-15(18)25-14)17(24-10)20-16(23)21-5-4-12(19)9-21/h2-3,6-8,12H,4-5,9H2,1H3/b20-17-/t12-/m1/s1. The first-order chi connectivity index (χ1) is 12.0. The van der Waals surface area contributed by atoms with Gasteiger partial charge in [0.2, 0.25) is 0 Å². The molecule has 1 fully saturated rings. The van der Waals surface area contributed by atoms with E-state index in [2.05, 4.69) is 4.99 Å². The SMILES string of the molecule is Cc1cn(-c2ccc3sc(Cl)cc3c2)/c(=N/C(=O)N2CC[C@@H](F)C2)s1. The van der Waals surface area contributed by atoms with E-state index in [9.17, 15) is 9.18 Å². The second kappa shape index (κ2) is 6.55. The highest BCUT2D eigenvalue weighted by Gasteiger charge is 2.25. The van der Waals surface area contributed by atoms with Crippen LogP contribution in [-0.4, -0.2) is 34.8 Å². The van der Waals surface area contributed by atoms with Gasteiger partial charge in [0.25, 0.3) is 0 Å². The molecule has 0 N–H and O–H groups in total. The highest BCUT2D eigenvalue weighted by molar-refractivity contribution is 7.22. The minimum absolute atomic E-state index is 0.131. The number of thiazole rings is 1. The first-order valence-electron chi connectivity index (χ1n) is 7.86. The maximum atomic E-state index is 13.3. The third kappa shape index (κ3) is 3.36. The third-order valence-corrected chi connectivity index (χ3v) is 6.25. The topological polar surface area (TPSA) is 37.6 Å².